The summed E-state index contributed by atoms with van der Waals surface area (Å²) in [6.45, 7) is 3.72. The topological polar surface area (TPSA) is 138 Å². The maximum atomic E-state index is 14.0. The average Bonchev–Trinajstić information content (AvgIpc) is 3.77. The zero-order chi connectivity index (χ0) is 34.3. The number of aliphatic hydroxyl groups excluding tert-OH is 1. The molecule has 0 radical (unpaired) electrons. The van der Waals surface area contributed by atoms with Crippen molar-refractivity contribution < 1.29 is 27.9 Å². The van der Waals surface area contributed by atoms with Crippen molar-refractivity contribution in [2.75, 3.05) is 20.3 Å². The highest BCUT2D eigenvalue weighted by Crippen LogP contribution is 2.34. The molecule has 13 heteroatoms. The second-order valence-electron chi connectivity index (χ2n) is 11.6. The van der Waals surface area contributed by atoms with Gasteiger partial charge in [-0.1, -0.05) is 74.5 Å². The van der Waals surface area contributed by atoms with Gasteiger partial charge in [0.25, 0.3) is 0 Å². The number of methoxy groups -OCH3 is 1. The number of benzene rings is 3. The molecule has 0 fully saturated rings. The van der Waals surface area contributed by atoms with E-state index in [2.05, 4.69) is 15.6 Å². The minimum atomic E-state index is -4.01. The van der Waals surface area contributed by atoms with Crippen molar-refractivity contribution in [3.8, 4) is 0 Å². The van der Waals surface area contributed by atoms with Gasteiger partial charge in [0.15, 0.2) is 0 Å². The number of thiophene rings is 1. The molecule has 10 nitrogen and oxygen atoms in total. The van der Waals surface area contributed by atoms with Crippen LogP contribution in [-0.4, -0.2) is 61.1 Å². The molecule has 0 bridgehead atoms. The normalized spacial score (nSPS) is 13.1. The summed E-state index contributed by atoms with van der Waals surface area (Å²) < 4.78 is 35.1. The largest absolute Gasteiger partial charge is 0.453 e. The third kappa shape index (κ3) is 8.10. The molecule has 252 valence electrons. The molecular weight excluding hydrogens is 669 g/mol. The summed E-state index contributed by atoms with van der Waals surface area (Å²) in [5.74, 6) is -0.951. The molecule has 2 amide bonds. The van der Waals surface area contributed by atoms with E-state index in [1.54, 1.807) is 35.8 Å². The number of alkyl carbamates (subject to hydrolysis) is 1. The summed E-state index contributed by atoms with van der Waals surface area (Å²) in [6, 6.07) is 25.5. The fraction of sp³-hybridized carbons (Fsp3) is 0.286. The molecule has 3 aromatic carbocycles. The van der Waals surface area contributed by atoms with Gasteiger partial charge in [-0.05, 0) is 47.4 Å². The van der Waals surface area contributed by atoms with Gasteiger partial charge in [-0.3, -0.25) is 4.79 Å². The Morgan fingerprint density at radius 3 is 2.23 bits per heavy atom. The molecule has 0 aliphatic carbocycles. The fourth-order valence-electron chi connectivity index (χ4n) is 5.55. The number of hydrogen-bond donors (Lipinski definition) is 3. The number of hydrogen-bond acceptors (Lipinski definition) is 9. The summed E-state index contributed by atoms with van der Waals surface area (Å²) >= 11 is 2.74. The number of carbonyl (C=O) groups is 2. The van der Waals surface area contributed by atoms with Crippen LogP contribution >= 0.6 is 22.7 Å². The molecule has 2 atom stereocenters. The first-order valence-electron chi connectivity index (χ1n) is 15.4. The second-order valence-corrected chi connectivity index (χ2v) is 15.6. The van der Waals surface area contributed by atoms with Crippen LogP contribution in [0.25, 0.3) is 10.2 Å². The minimum absolute atomic E-state index is 0.0167. The van der Waals surface area contributed by atoms with E-state index in [9.17, 15) is 23.1 Å². The monoisotopic (exact) mass is 706 g/mol. The lowest BCUT2D eigenvalue weighted by Crippen LogP contribution is -2.50. The highest BCUT2D eigenvalue weighted by atomic mass is 32.2. The lowest BCUT2D eigenvalue weighted by atomic mass is 9.84. The van der Waals surface area contributed by atoms with Crippen molar-refractivity contribution in [3.63, 3.8) is 0 Å². The number of nitrogens with one attached hydrogen (secondary N) is 2. The van der Waals surface area contributed by atoms with E-state index in [0.29, 0.717) is 10.4 Å². The van der Waals surface area contributed by atoms with Crippen LogP contribution in [0.5, 0.6) is 0 Å². The van der Waals surface area contributed by atoms with Gasteiger partial charge in [-0.15, -0.1) is 22.7 Å². The zero-order valence-corrected chi connectivity index (χ0v) is 29.2. The zero-order valence-electron chi connectivity index (χ0n) is 26.8. The van der Waals surface area contributed by atoms with Crippen LogP contribution in [-0.2, 0) is 26.1 Å². The number of aliphatic hydroxyl groups is 1. The highest BCUT2D eigenvalue weighted by molar-refractivity contribution is 7.89. The fourth-order valence-corrected chi connectivity index (χ4v) is 9.11. The van der Waals surface area contributed by atoms with Gasteiger partial charge >= 0.3 is 6.09 Å². The van der Waals surface area contributed by atoms with Crippen molar-refractivity contribution in [3.05, 3.63) is 117 Å². The smallest absolute Gasteiger partial charge is 0.407 e. The van der Waals surface area contributed by atoms with Gasteiger partial charge in [-0.2, -0.15) is 4.31 Å². The Hall–Kier alpha value is -4.14. The summed E-state index contributed by atoms with van der Waals surface area (Å²) in [4.78, 5) is 32.1. The second kappa shape index (κ2) is 15.8. The predicted octanol–water partition coefficient (Wildman–Crippen LogP) is 5.91. The summed E-state index contributed by atoms with van der Waals surface area (Å²) in [6.07, 6.45) is -0.739. The number of ether oxygens (including phenoxy) is 1. The van der Waals surface area contributed by atoms with Crippen molar-refractivity contribution in [1.29, 1.82) is 0 Å². The van der Waals surface area contributed by atoms with E-state index in [0.717, 1.165) is 20.7 Å². The van der Waals surface area contributed by atoms with E-state index in [-0.39, 0.29) is 23.9 Å². The number of amides is 2. The number of carbonyl (C=O) groups excluding carboxylic acids is 2. The van der Waals surface area contributed by atoms with Crippen molar-refractivity contribution in [2.24, 2.45) is 5.92 Å². The van der Waals surface area contributed by atoms with Gasteiger partial charge in [0.2, 0.25) is 15.9 Å². The summed E-state index contributed by atoms with van der Waals surface area (Å²) in [5, 5.41) is 16.2. The molecule has 0 aliphatic rings. The van der Waals surface area contributed by atoms with E-state index < -0.39 is 46.6 Å². The van der Waals surface area contributed by atoms with Gasteiger partial charge < -0.3 is 20.5 Å². The first-order valence-corrected chi connectivity index (χ1v) is 18.5. The van der Waals surface area contributed by atoms with Crippen LogP contribution in [0.15, 0.2) is 101 Å². The predicted molar refractivity (Wildman–Crippen MR) is 188 cm³/mol. The average molecular weight is 707 g/mol. The molecule has 0 unspecified atom stereocenters. The molecule has 2 heterocycles. The quantitative estimate of drug-likeness (QED) is 0.131. The Kier molecular flexibility index (Phi) is 11.6. The summed E-state index contributed by atoms with van der Waals surface area (Å²) in [5.41, 5.74) is 3.95. The van der Waals surface area contributed by atoms with Crippen LogP contribution < -0.4 is 10.6 Å². The molecular formula is C35H38N4O6S3. The van der Waals surface area contributed by atoms with Crippen LogP contribution in [0.3, 0.4) is 0 Å². The Morgan fingerprint density at radius 2 is 1.62 bits per heavy atom. The lowest BCUT2D eigenvalue weighted by molar-refractivity contribution is -0.123. The Labute approximate surface area is 288 Å². The SMILES string of the molecule is COC(=O)N[C@H](C(=O)NCc1ccc([C@H](CO)N(CC(C)C)S(=O)(=O)c2ccc3scnc3c2)s1)C(c1ccccc1)c1ccccc1. The van der Waals surface area contributed by atoms with E-state index >= 15 is 0 Å². The molecule has 0 aliphatic heterocycles. The van der Waals surface area contributed by atoms with Crippen LogP contribution in [0.2, 0.25) is 0 Å². The molecule has 3 N–H and O–H groups in total. The van der Waals surface area contributed by atoms with Crippen molar-refractivity contribution in [1.82, 2.24) is 19.9 Å². The van der Waals surface area contributed by atoms with Crippen molar-refractivity contribution in [2.45, 2.75) is 43.3 Å². The molecule has 48 heavy (non-hydrogen) atoms. The van der Waals surface area contributed by atoms with Gasteiger partial charge in [0.05, 0.1) is 46.9 Å². The maximum absolute atomic E-state index is 14.0. The van der Waals surface area contributed by atoms with Gasteiger partial charge in [0.1, 0.15) is 6.04 Å². The number of fused-ring (bicyclic) bond motifs is 1. The third-order valence-corrected chi connectivity index (χ3v) is 11.7. The van der Waals surface area contributed by atoms with E-state index in [4.69, 9.17) is 4.74 Å². The molecule has 0 saturated heterocycles. The van der Waals surface area contributed by atoms with Gasteiger partial charge in [0, 0.05) is 22.2 Å². The Morgan fingerprint density at radius 1 is 0.958 bits per heavy atom. The van der Waals surface area contributed by atoms with Crippen LogP contribution in [0.4, 0.5) is 4.79 Å². The number of aromatic nitrogens is 1. The maximum Gasteiger partial charge on any atom is 0.407 e. The first-order chi connectivity index (χ1) is 23.1. The number of rotatable bonds is 14. The molecule has 0 spiro atoms. The number of thiazole rings is 1. The summed E-state index contributed by atoms with van der Waals surface area (Å²) in [7, 11) is -2.76. The van der Waals surface area contributed by atoms with E-state index in [1.807, 2.05) is 74.5 Å². The minimum Gasteiger partial charge on any atom is -0.453 e. The number of nitrogens with zero attached hydrogens (tertiary/aromatic N) is 2. The molecule has 2 aromatic heterocycles. The first kappa shape index (κ1) is 35.2. The van der Waals surface area contributed by atoms with Gasteiger partial charge in [-0.25, -0.2) is 18.2 Å². The Bertz CT molecular complexity index is 1890. The molecule has 0 saturated carbocycles. The number of sulfonamides is 1. The van der Waals surface area contributed by atoms with E-state index in [1.165, 1.54) is 34.1 Å². The van der Waals surface area contributed by atoms with Crippen molar-refractivity contribution >= 4 is 54.9 Å². The Balaban J connectivity index is 1.39. The van der Waals surface area contributed by atoms with Crippen LogP contribution in [0.1, 0.15) is 46.7 Å². The molecule has 5 aromatic rings. The standard InChI is InChI=1S/C35H38N4O6S3/c1-23(2)20-39(48(43,44)27-15-17-30-28(18-27)37-22-46-30)29(21-40)31-16-14-26(47-31)19-36-34(41)33(38-35(42)45-3)32(24-10-6-4-7-11-24)25-12-8-5-9-13-25/h4-18,22-23,29,32-33,40H,19-21H2,1-3H3,(H,36,41)(H,38,42)/t29-,33-/m0/s1. The third-order valence-electron chi connectivity index (χ3n) is 7.81. The van der Waals surface area contributed by atoms with Crippen LogP contribution in [0, 0.1) is 5.92 Å². The highest BCUT2D eigenvalue weighted by Gasteiger charge is 2.35. The molecule has 5 rings (SSSR count). The lowest BCUT2D eigenvalue weighted by Gasteiger charge is -2.30.